The zero-order chi connectivity index (χ0) is 8.74. The summed E-state index contributed by atoms with van der Waals surface area (Å²) in [6, 6.07) is 0. The van der Waals surface area contributed by atoms with E-state index < -0.39 is 0 Å². The Morgan fingerprint density at radius 3 is 1.54 bits per heavy atom. The first-order valence-corrected chi connectivity index (χ1v) is 5.63. The highest BCUT2D eigenvalue weighted by atomic mass is 16.3. The first kappa shape index (κ1) is 7.24. The Morgan fingerprint density at radius 2 is 1.08 bits per heavy atom. The van der Waals surface area contributed by atoms with E-state index in [-0.39, 0.29) is 12.2 Å². The number of fused-ring (bicyclic) bond motifs is 2. The van der Waals surface area contributed by atoms with E-state index in [4.69, 9.17) is 0 Å². The van der Waals surface area contributed by atoms with Crippen molar-refractivity contribution in [2.24, 2.45) is 35.5 Å². The molecule has 0 spiro atoms. The Bertz CT molecular complexity index is 235. The summed E-state index contributed by atoms with van der Waals surface area (Å²) in [6.07, 6.45) is 3.24. The number of aliphatic hydroxyl groups is 2. The highest BCUT2D eigenvalue weighted by Crippen LogP contribution is 2.70. The Morgan fingerprint density at radius 1 is 0.615 bits per heavy atom. The molecule has 2 nitrogen and oxygen atoms in total. The smallest absolute Gasteiger partial charge is 0.0577 e. The third kappa shape index (κ3) is 0.608. The van der Waals surface area contributed by atoms with E-state index in [0.29, 0.717) is 11.8 Å². The van der Waals surface area contributed by atoms with Crippen molar-refractivity contribution < 1.29 is 10.2 Å². The first-order chi connectivity index (χ1) is 6.27. The molecule has 0 saturated heterocycles. The Hall–Kier alpha value is -0.0800. The van der Waals surface area contributed by atoms with Gasteiger partial charge in [0.05, 0.1) is 12.2 Å². The number of hydrogen-bond donors (Lipinski definition) is 2. The van der Waals surface area contributed by atoms with Crippen LogP contribution in [0.5, 0.6) is 0 Å². The fraction of sp³-hybridized carbons (Fsp3) is 1.00. The van der Waals surface area contributed by atoms with Crippen LogP contribution < -0.4 is 0 Å². The van der Waals surface area contributed by atoms with Gasteiger partial charge in [0, 0.05) is 0 Å². The summed E-state index contributed by atoms with van der Waals surface area (Å²) in [6.45, 7) is 0. The lowest BCUT2D eigenvalue weighted by atomic mass is 9.79. The van der Waals surface area contributed by atoms with Crippen molar-refractivity contribution in [2.75, 3.05) is 0 Å². The average molecular weight is 180 g/mol. The number of aliphatic hydroxyl groups excluding tert-OH is 2. The maximum absolute atomic E-state index is 9.93. The molecule has 8 atom stereocenters. The second-order valence-corrected chi connectivity index (χ2v) is 5.65. The van der Waals surface area contributed by atoms with E-state index in [9.17, 15) is 10.2 Å². The molecule has 13 heavy (non-hydrogen) atoms. The summed E-state index contributed by atoms with van der Waals surface area (Å²) in [5.74, 6) is 4.07. The minimum absolute atomic E-state index is 0.0788. The molecule has 0 aliphatic heterocycles. The first-order valence-electron chi connectivity index (χ1n) is 5.63. The van der Waals surface area contributed by atoms with E-state index in [2.05, 4.69) is 0 Å². The third-order valence-electron chi connectivity index (χ3n) is 5.54. The van der Waals surface area contributed by atoms with Crippen molar-refractivity contribution in [3.8, 4) is 0 Å². The fourth-order valence-corrected chi connectivity index (χ4v) is 5.41. The molecule has 2 heteroatoms. The summed E-state index contributed by atoms with van der Waals surface area (Å²) >= 11 is 0. The minimum atomic E-state index is -0.0788. The van der Waals surface area contributed by atoms with Gasteiger partial charge in [-0.25, -0.2) is 0 Å². The van der Waals surface area contributed by atoms with Crippen LogP contribution in [0.15, 0.2) is 0 Å². The quantitative estimate of drug-likeness (QED) is 0.574. The van der Waals surface area contributed by atoms with Crippen molar-refractivity contribution in [3.63, 3.8) is 0 Å². The zero-order valence-electron chi connectivity index (χ0n) is 7.63. The van der Waals surface area contributed by atoms with Crippen molar-refractivity contribution in [2.45, 2.75) is 31.5 Å². The monoisotopic (exact) mass is 180 g/mol. The Kier molecular flexibility index (Phi) is 1.09. The molecule has 0 radical (unpaired) electrons. The molecule has 2 N–H and O–H groups in total. The van der Waals surface area contributed by atoms with Gasteiger partial charge >= 0.3 is 0 Å². The molecule has 0 heterocycles. The van der Waals surface area contributed by atoms with Crippen LogP contribution in [0, 0.1) is 35.5 Å². The van der Waals surface area contributed by atoms with Crippen molar-refractivity contribution >= 4 is 0 Å². The molecular weight excluding hydrogens is 164 g/mol. The van der Waals surface area contributed by atoms with E-state index in [1.807, 2.05) is 0 Å². The molecular formula is C11H16O2. The average Bonchev–Trinajstić information content (AvgIpc) is 2.67. The van der Waals surface area contributed by atoms with Crippen LogP contribution in [0.4, 0.5) is 0 Å². The Balaban J connectivity index is 1.86. The molecule has 4 saturated carbocycles. The normalized spacial score (nSPS) is 72.5. The maximum Gasteiger partial charge on any atom is 0.0577 e. The second-order valence-electron chi connectivity index (χ2n) is 5.65. The van der Waals surface area contributed by atoms with E-state index >= 15 is 0 Å². The molecule has 4 aliphatic rings. The molecule has 0 aromatic rings. The topological polar surface area (TPSA) is 40.5 Å². The largest absolute Gasteiger partial charge is 0.393 e. The van der Waals surface area contributed by atoms with Gasteiger partial charge in [0.25, 0.3) is 0 Å². The van der Waals surface area contributed by atoms with Gasteiger partial charge in [0.2, 0.25) is 0 Å². The lowest BCUT2D eigenvalue weighted by Gasteiger charge is -2.27. The summed E-state index contributed by atoms with van der Waals surface area (Å²) in [4.78, 5) is 0. The van der Waals surface area contributed by atoms with Gasteiger partial charge < -0.3 is 10.2 Å². The second kappa shape index (κ2) is 1.96. The van der Waals surface area contributed by atoms with E-state index in [1.165, 1.54) is 6.42 Å². The van der Waals surface area contributed by atoms with Crippen LogP contribution in [0.2, 0.25) is 0 Å². The van der Waals surface area contributed by atoms with Crippen molar-refractivity contribution in [1.82, 2.24) is 0 Å². The maximum atomic E-state index is 9.93. The molecule has 4 fully saturated rings. The summed E-state index contributed by atoms with van der Waals surface area (Å²) in [5, 5.41) is 19.9. The van der Waals surface area contributed by atoms with Crippen LogP contribution >= 0.6 is 0 Å². The third-order valence-corrected chi connectivity index (χ3v) is 5.54. The highest BCUT2D eigenvalue weighted by molar-refractivity contribution is 5.17. The fourth-order valence-electron chi connectivity index (χ4n) is 5.41. The Labute approximate surface area is 78.0 Å². The van der Waals surface area contributed by atoms with Gasteiger partial charge in [-0.15, -0.1) is 0 Å². The molecule has 72 valence electrons. The van der Waals surface area contributed by atoms with Crippen LogP contribution in [0.25, 0.3) is 0 Å². The molecule has 0 unspecified atom stereocenters. The van der Waals surface area contributed by atoms with Crippen LogP contribution in [0.1, 0.15) is 19.3 Å². The van der Waals surface area contributed by atoms with Gasteiger partial charge in [-0.3, -0.25) is 0 Å². The molecule has 0 aromatic heterocycles. The molecule has 0 amide bonds. The molecule has 4 rings (SSSR count). The van der Waals surface area contributed by atoms with Gasteiger partial charge in [-0.1, -0.05) is 0 Å². The van der Waals surface area contributed by atoms with Crippen LogP contribution in [-0.2, 0) is 0 Å². The molecule has 4 aliphatic carbocycles. The SMILES string of the molecule is O[C@@H]1C[C@H]2[C@H]3C[C@H](O)[C@H]4[C@@H]3C[C@H]2[C@H]41. The van der Waals surface area contributed by atoms with Crippen LogP contribution in [0.3, 0.4) is 0 Å². The van der Waals surface area contributed by atoms with Gasteiger partial charge in [0.1, 0.15) is 0 Å². The van der Waals surface area contributed by atoms with Gasteiger partial charge in [-0.05, 0) is 54.8 Å². The lowest BCUT2D eigenvalue weighted by Crippen LogP contribution is -2.30. The molecule has 0 aromatic carbocycles. The summed E-state index contributed by atoms with van der Waals surface area (Å²) in [5.41, 5.74) is 0. The summed E-state index contributed by atoms with van der Waals surface area (Å²) < 4.78 is 0. The predicted octanol–water partition coefficient (Wildman–Crippen LogP) is 0.630. The molecule has 2 bridgehead atoms. The standard InChI is InChI=1S/C11H16O2/c12-8-2-4-5-3-9(13)11-7(5)1-6(4)10(8)11/h4-13H,1-3H2/t4-,5+,6-,7-,8+,9-,10-,11+/m1/s1. The van der Waals surface area contributed by atoms with E-state index in [0.717, 1.165) is 36.5 Å². The highest BCUT2D eigenvalue weighted by Gasteiger charge is 2.68. The zero-order valence-corrected chi connectivity index (χ0v) is 7.63. The van der Waals surface area contributed by atoms with Crippen LogP contribution in [-0.4, -0.2) is 22.4 Å². The van der Waals surface area contributed by atoms with Crippen molar-refractivity contribution in [1.29, 1.82) is 0 Å². The number of rotatable bonds is 0. The van der Waals surface area contributed by atoms with E-state index in [1.54, 1.807) is 0 Å². The van der Waals surface area contributed by atoms with Gasteiger partial charge in [-0.2, -0.15) is 0 Å². The predicted molar refractivity (Wildman–Crippen MR) is 46.8 cm³/mol. The minimum Gasteiger partial charge on any atom is -0.393 e. The number of hydrogen-bond acceptors (Lipinski definition) is 2. The van der Waals surface area contributed by atoms with Gasteiger partial charge in [0.15, 0.2) is 0 Å². The lowest BCUT2D eigenvalue weighted by molar-refractivity contribution is 0.0365. The summed E-state index contributed by atoms with van der Waals surface area (Å²) in [7, 11) is 0. The van der Waals surface area contributed by atoms with Crippen molar-refractivity contribution in [3.05, 3.63) is 0 Å².